The molecule has 90 valence electrons. The first-order chi connectivity index (χ1) is 8.25. The number of nitrogens with zero attached hydrogens (tertiary/aromatic N) is 1. The molecule has 5 nitrogen and oxygen atoms in total. The summed E-state index contributed by atoms with van der Waals surface area (Å²) >= 11 is 0. The predicted octanol–water partition coefficient (Wildman–Crippen LogP) is 1.07. The standard InChI is InChI=1S/C12H14N2O3/c15-10-3-1-2-9-11(10)13-12(16)14(9)6-8-4-5-17-7-8/h1-3,8,15H,4-7H2,(H,13,16). The van der Waals surface area contributed by atoms with E-state index in [1.807, 2.05) is 6.07 Å². The Kier molecular flexibility index (Phi) is 2.40. The van der Waals surface area contributed by atoms with Crippen molar-refractivity contribution in [1.82, 2.24) is 9.55 Å². The Morgan fingerprint density at radius 1 is 1.53 bits per heavy atom. The van der Waals surface area contributed by atoms with Crippen molar-refractivity contribution in [2.24, 2.45) is 5.92 Å². The van der Waals surface area contributed by atoms with Gasteiger partial charge in [-0.25, -0.2) is 4.79 Å². The third-order valence-electron chi connectivity index (χ3n) is 3.25. The van der Waals surface area contributed by atoms with Crippen molar-refractivity contribution < 1.29 is 9.84 Å². The summed E-state index contributed by atoms with van der Waals surface area (Å²) in [6, 6.07) is 5.15. The minimum Gasteiger partial charge on any atom is -0.506 e. The van der Waals surface area contributed by atoms with E-state index in [1.165, 1.54) is 0 Å². The third-order valence-corrected chi connectivity index (χ3v) is 3.25. The van der Waals surface area contributed by atoms with Gasteiger partial charge in [-0.05, 0) is 18.6 Å². The van der Waals surface area contributed by atoms with Gasteiger partial charge in [-0.15, -0.1) is 0 Å². The maximum Gasteiger partial charge on any atom is 0.326 e. The molecular weight excluding hydrogens is 220 g/mol. The lowest BCUT2D eigenvalue weighted by atomic mass is 10.1. The van der Waals surface area contributed by atoms with Crippen LogP contribution in [0.4, 0.5) is 0 Å². The number of H-pyrrole nitrogens is 1. The Morgan fingerprint density at radius 2 is 2.41 bits per heavy atom. The van der Waals surface area contributed by atoms with Gasteiger partial charge in [0.1, 0.15) is 11.3 Å². The molecule has 2 heterocycles. The number of imidazole rings is 1. The van der Waals surface area contributed by atoms with Crippen LogP contribution in [0.5, 0.6) is 5.75 Å². The summed E-state index contributed by atoms with van der Waals surface area (Å²) in [6.45, 7) is 2.12. The number of hydrogen-bond donors (Lipinski definition) is 2. The average Bonchev–Trinajstić information content (AvgIpc) is 2.91. The Bertz CT molecular complexity index is 593. The van der Waals surface area contributed by atoms with Gasteiger partial charge >= 0.3 is 5.69 Å². The number of benzene rings is 1. The van der Waals surface area contributed by atoms with Gasteiger partial charge in [0, 0.05) is 19.1 Å². The molecule has 3 rings (SSSR count). The molecule has 1 aliphatic rings. The van der Waals surface area contributed by atoms with E-state index in [9.17, 15) is 9.90 Å². The second-order valence-electron chi connectivity index (χ2n) is 4.44. The summed E-state index contributed by atoms with van der Waals surface area (Å²) in [4.78, 5) is 14.5. The first kappa shape index (κ1) is 10.4. The van der Waals surface area contributed by atoms with Crippen LogP contribution in [-0.4, -0.2) is 27.9 Å². The Morgan fingerprint density at radius 3 is 3.18 bits per heavy atom. The molecular formula is C12H14N2O3. The second kappa shape index (κ2) is 3.92. The van der Waals surface area contributed by atoms with Crippen LogP contribution in [0.2, 0.25) is 0 Å². The minimum atomic E-state index is -0.173. The van der Waals surface area contributed by atoms with E-state index in [0.29, 0.717) is 24.6 Å². The molecule has 17 heavy (non-hydrogen) atoms. The molecule has 2 aromatic rings. The summed E-state index contributed by atoms with van der Waals surface area (Å²) in [6.07, 6.45) is 0.984. The van der Waals surface area contributed by atoms with Gasteiger partial charge in [-0.3, -0.25) is 4.57 Å². The van der Waals surface area contributed by atoms with Crippen molar-refractivity contribution in [3.05, 3.63) is 28.7 Å². The van der Waals surface area contributed by atoms with Crippen molar-refractivity contribution >= 4 is 11.0 Å². The van der Waals surface area contributed by atoms with E-state index in [4.69, 9.17) is 4.74 Å². The summed E-state index contributed by atoms with van der Waals surface area (Å²) in [5, 5.41) is 9.66. The maximum atomic E-state index is 11.8. The number of fused-ring (bicyclic) bond motifs is 1. The van der Waals surface area contributed by atoms with Gasteiger partial charge in [-0.2, -0.15) is 0 Å². The zero-order valence-corrected chi connectivity index (χ0v) is 9.35. The van der Waals surface area contributed by atoms with Crippen LogP contribution in [0.3, 0.4) is 0 Å². The van der Waals surface area contributed by atoms with Crippen LogP contribution in [0, 0.1) is 5.92 Å². The van der Waals surface area contributed by atoms with Gasteiger partial charge in [0.25, 0.3) is 0 Å². The Labute approximate surface area is 97.6 Å². The van der Waals surface area contributed by atoms with Gasteiger partial charge in [-0.1, -0.05) is 6.07 Å². The molecule has 1 unspecified atom stereocenters. The molecule has 0 amide bonds. The Balaban J connectivity index is 2.06. The van der Waals surface area contributed by atoms with Crippen LogP contribution in [0.15, 0.2) is 23.0 Å². The van der Waals surface area contributed by atoms with E-state index in [-0.39, 0.29) is 11.4 Å². The molecule has 0 bridgehead atoms. The fraction of sp³-hybridized carbons (Fsp3) is 0.417. The fourth-order valence-corrected chi connectivity index (χ4v) is 2.33. The minimum absolute atomic E-state index is 0.112. The number of para-hydroxylation sites is 1. The second-order valence-corrected chi connectivity index (χ2v) is 4.44. The highest BCUT2D eigenvalue weighted by Crippen LogP contribution is 2.22. The largest absolute Gasteiger partial charge is 0.506 e. The zero-order valence-electron chi connectivity index (χ0n) is 9.35. The predicted molar refractivity (Wildman–Crippen MR) is 63.1 cm³/mol. The van der Waals surface area contributed by atoms with Gasteiger partial charge in [0.15, 0.2) is 0 Å². The number of ether oxygens (including phenoxy) is 1. The number of phenolic OH excluding ortho intramolecular Hbond substituents is 1. The molecule has 0 aliphatic carbocycles. The van der Waals surface area contributed by atoms with Crippen LogP contribution in [0.1, 0.15) is 6.42 Å². The van der Waals surface area contributed by atoms with E-state index in [2.05, 4.69) is 4.98 Å². The number of aromatic nitrogens is 2. The lowest BCUT2D eigenvalue weighted by Gasteiger charge is -2.08. The highest BCUT2D eigenvalue weighted by molar-refractivity contribution is 5.81. The normalized spacial score (nSPS) is 20.1. The van der Waals surface area contributed by atoms with E-state index >= 15 is 0 Å². The Hall–Kier alpha value is -1.75. The summed E-state index contributed by atoms with van der Waals surface area (Å²) in [5.74, 6) is 0.495. The molecule has 0 radical (unpaired) electrons. The molecule has 1 atom stereocenters. The topological polar surface area (TPSA) is 67.2 Å². The SMILES string of the molecule is O=c1[nH]c2c(O)cccc2n1CC1CCOC1. The zero-order chi connectivity index (χ0) is 11.8. The van der Waals surface area contributed by atoms with E-state index in [1.54, 1.807) is 16.7 Å². The summed E-state index contributed by atoms with van der Waals surface area (Å²) in [5.41, 5.74) is 1.09. The van der Waals surface area contributed by atoms with Crippen molar-refractivity contribution in [3.63, 3.8) is 0 Å². The van der Waals surface area contributed by atoms with Gasteiger partial charge in [0.05, 0.1) is 12.1 Å². The molecule has 2 N–H and O–H groups in total. The third kappa shape index (κ3) is 1.72. The number of aromatic amines is 1. The maximum absolute atomic E-state index is 11.8. The lowest BCUT2D eigenvalue weighted by molar-refractivity contribution is 0.182. The molecule has 0 saturated carbocycles. The lowest BCUT2D eigenvalue weighted by Crippen LogP contribution is -2.21. The molecule has 1 fully saturated rings. The van der Waals surface area contributed by atoms with Crippen LogP contribution >= 0.6 is 0 Å². The highest BCUT2D eigenvalue weighted by atomic mass is 16.5. The van der Waals surface area contributed by atoms with Crippen molar-refractivity contribution in [3.8, 4) is 5.75 Å². The van der Waals surface area contributed by atoms with E-state index < -0.39 is 0 Å². The van der Waals surface area contributed by atoms with E-state index in [0.717, 1.165) is 18.5 Å². The average molecular weight is 234 g/mol. The van der Waals surface area contributed by atoms with Crippen LogP contribution < -0.4 is 5.69 Å². The number of hydrogen-bond acceptors (Lipinski definition) is 3. The molecule has 0 spiro atoms. The number of aromatic hydroxyl groups is 1. The smallest absolute Gasteiger partial charge is 0.326 e. The molecule has 1 aliphatic heterocycles. The van der Waals surface area contributed by atoms with Crippen LogP contribution in [-0.2, 0) is 11.3 Å². The monoisotopic (exact) mass is 234 g/mol. The number of phenols is 1. The van der Waals surface area contributed by atoms with Crippen molar-refractivity contribution in [2.75, 3.05) is 13.2 Å². The fourth-order valence-electron chi connectivity index (χ4n) is 2.33. The molecule has 1 aromatic heterocycles. The summed E-state index contributed by atoms with van der Waals surface area (Å²) < 4.78 is 6.98. The molecule has 1 aromatic carbocycles. The quantitative estimate of drug-likeness (QED) is 0.816. The molecule has 1 saturated heterocycles. The number of rotatable bonds is 2. The first-order valence-corrected chi connectivity index (χ1v) is 5.74. The van der Waals surface area contributed by atoms with Gasteiger partial charge < -0.3 is 14.8 Å². The van der Waals surface area contributed by atoms with Crippen molar-refractivity contribution in [1.29, 1.82) is 0 Å². The van der Waals surface area contributed by atoms with Gasteiger partial charge in [0.2, 0.25) is 0 Å². The molecule has 5 heteroatoms. The van der Waals surface area contributed by atoms with Crippen LogP contribution in [0.25, 0.3) is 11.0 Å². The summed E-state index contributed by atoms with van der Waals surface area (Å²) in [7, 11) is 0. The first-order valence-electron chi connectivity index (χ1n) is 5.74. The van der Waals surface area contributed by atoms with Crippen molar-refractivity contribution in [2.45, 2.75) is 13.0 Å². The number of nitrogens with one attached hydrogen (secondary N) is 1. The highest BCUT2D eigenvalue weighted by Gasteiger charge is 2.19.